The maximum atomic E-state index is 6.22. The monoisotopic (exact) mass is 396 g/mol. The van der Waals surface area contributed by atoms with Crippen LogP contribution in [0, 0.1) is 0 Å². The number of nitrogens with zero attached hydrogens (tertiary/aromatic N) is 4. The third kappa shape index (κ3) is 4.40. The van der Waals surface area contributed by atoms with E-state index in [0.717, 1.165) is 16.7 Å². The van der Waals surface area contributed by atoms with Crippen molar-refractivity contribution in [3.05, 3.63) is 88.5 Å². The summed E-state index contributed by atoms with van der Waals surface area (Å²) in [6.07, 6.45) is 4.94. The van der Waals surface area contributed by atoms with Crippen molar-refractivity contribution in [2.75, 3.05) is 7.11 Å². The van der Waals surface area contributed by atoms with Gasteiger partial charge >= 0.3 is 0 Å². The highest BCUT2D eigenvalue weighted by molar-refractivity contribution is 6.31. The van der Waals surface area contributed by atoms with Crippen molar-refractivity contribution >= 4 is 23.5 Å². The quantitative estimate of drug-likeness (QED) is 0.433. The predicted molar refractivity (Wildman–Crippen MR) is 111 cm³/mol. The van der Waals surface area contributed by atoms with E-state index in [9.17, 15) is 0 Å². The van der Waals surface area contributed by atoms with Crippen molar-refractivity contribution in [2.24, 2.45) is 17.4 Å². The van der Waals surface area contributed by atoms with Crippen molar-refractivity contribution in [3.63, 3.8) is 0 Å². The molecule has 0 aliphatic rings. The Morgan fingerprint density at radius 2 is 1.93 bits per heavy atom. The predicted octanol–water partition coefficient (Wildman–Crippen LogP) is 4.58. The van der Waals surface area contributed by atoms with Gasteiger partial charge in [0.2, 0.25) is 0 Å². The number of halogens is 1. The van der Waals surface area contributed by atoms with Crippen LogP contribution in [0.5, 0.6) is 0 Å². The van der Waals surface area contributed by atoms with Gasteiger partial charge in [-0.2, -0.15) is 0 Å². The van der Waals surface area contributed by atoms with E-state index in [0.29, 0.717) is 16.6 Å². The molecule has 3 aromatic rings. The Kier molecular flexibility index (Phi) is 6.45. The van der Waals surface area contributed by atoms with Crippen LogP contribution in [0.2, 0.25) is 5.02 Å². The Morgan fingerprint density at radius 3 is 2.64 bits per heavy atom. The van der Waals surface area contributed by atoms with Gasteiger partial charge in [0.05, 0.1) is 6.21 Å². The van der Waals surface area contributed by atoms with Crippen LogP contribution < -0.4 is 0 Å². The molecular formula is C21H21ClN4O2. The fourth-order valence-corrected chi connectivity index (χ4v) is 3.05. The summed E-state index contributed by atoms with van der Waals surface area (Å²) in [4.78, 5) is 15.0. The maximum absolute atomic E-state index is 6.22. The summed E-state index contributed by atoms with van der Waals surface area (Å²) >= 11 is 6.22. The van der Waals surface area contributed by atoms with Crippen LogP contribution in [-0.2, 0) is 16.7 Å². The third-order valence-corrected chi connectivity index (χ3v) is 4.53. The number of imidazole rings is 1. The molecule has 0 amide bonds. The lowest BCUT2D eigenvalue weighted by Gasteiger charge is -2.12. The summed E-state index contributed by atoms with van der Waals surface area (Å²) in [5.41, 5.74) is 3.14. The van der Waals surface area contributed by atoms with E-state index in [1.807, 2.05) is 73.3 Å². The molecule has 1 atom stereocenters. The molecule has 1 unspecified atom stereocenters. The number of oxime groups is 2. The molecule has 3 rings (SSSR count). The largest absolute Gasteiger partial charge is 0.399 e. The minimum absolute atomic E-state index is 0.279. The minimum Gasteiger partial charge on any atom is -0.399 e. The van der Waals surface area contributed by atoms with Gasteiger partial charge in [0.25, 0.3) is 0 Å². The van der Waals surface area contributed by atoms with Gasteiger partial charge in [-0.15, -0.1) is 0 Å². The second-order valence-corrected chi connectivity index (χ2v) is 6.48. The van der Waals surface area contributed by atoms with Gasteiger partial charge in [0.1, 0.15) is 7.11 Å². The number of aromatic nitrogens is 2. The third-order valence-electron chi connectivity index (χ3n) is 4.19. The van der Waals surface area contributed by atoms with Gasteiger partial charge in [0, 0.05) is 41.2 Å². The van der Waals surface area contributed by atoms with E-state index < -0.39 is 0 Å². The van der Waals surface area contributed by atoms with E-state index in [-0.39, 0.29) is 6.10 Å². The van der Waals surface area contributed by atoms with Crippen molar-refractivity contribution in [1.82, 2.24) is 9.55 Å². The first-order chi connectivity index (χ1) is 13.6. The lowest BCUT2D eigenvalue weighted by Crippen LogP contribution is -2.13. The fraction of sp³-hybridized carbons (Fsp3) is 0.190. The summed E-state index contributed by atoms with van der Waals surface area (Å²) in [5.74, 6) is 0.688. The summed E-state index contributed by atoms with van der Waals surface area (Å²) in [6.45, 7) is 1.90. The van der Waals surface area contributed by atoms with Gasteiger partial charge < -0.3 is 14.2 Å². The van der Waals surface area contributed by atoms with Crippen LogP contribution >= 0.6 is 11.6 Å². The molecule has 0 saturated carbocycles. The molecule has 0 aliphatic carbocycles. The second-order valence-electron chi connectivity index (χ2n) is 6.08. The van der Waals surface area contributed by atoms with Gasteiger partial charge in [-0.1, -0.05) is 64.4 Å². The Labute approximate surface area is 169 Å². The molecule has 0 N–H and O–H groups in total. The molecular weight excluding hydrogens is 376 g/mol. The van der Waals surface area contributed by atoms with Crippen molar-refractivity contribution < 1.29 is 9.68 Å². The smallest absolute Gasteiger partial charge is 0.162 e. The fourth-order valence-electron chi connectivity index (χ4n) is 2.76. The number of hydrogen-bond acceptors (Lipinski definition) is 5. The summed E-state index contributed by atoms with van der Waals surface area (Å²) in [5, 5.41) is 8.98. The molecule has 2 aromatic carbocycles. The van der Waals surface area contributed by atoms with Crippen molar-refractivity contribution in [3.8, 4) is 0 Å². The Balaban J connectivity index is 1.86. The van der Waals surface area contributed by atoms with Gasteiger partial charge in [-0.3, -0.25) is 0 Å². The number of hydrogen-bond donors (Lipinski definition) is 0. The maximum Gasteiger partial charge on any atom is 0.162 e. The number of rotatable bonds is 7. The SMILES string of the molecule is CO/N=C(\c1ccccc1/C=N/OC(C)c1ccccc1Cl)c1nccn1C. The normalized spacial score (nSPS) is 12.9. The van der Waals surface area contributed by atoms with E-state index in [1.54, 1.807) is 12.4 Å². The first-order valence-electron chi connectivity index (χ1n) is 8.73. The van der Waals surface area contributed by atoms with Crippen molar-refractivity contribution in [1.29, 1.82) is 0 Å². The van der Waals surface area contributed by atoms with Crippen molar-refractivity contribution in [2.45, 2.75) is 13.0 Å². The first kappa shape index (κ1) is 19.6. The highest BCUT2D eigenvalue weighted by Gasteiger charge is 2.16. The topological polar surface area (TPSA) is 61.0 Å². The minimum atomic E-state index is -0.279. The van der Waals surface area contributed by atoms with Gasteiger partial charge in [0.15, 0.2) is 17.6 Å². The Hall–Kier alpha value is -3.12. The molecule has 1 aromatic heterocycles. The van der Waals surface area contributed by atoms with Crippen LogP contribution in [0.1, 0.15) is 35.5 Å². The average molecular weight is 397 g/mol. The zero-order chi connectivity index (χ0) is 19.9. The van der Waals surface area contributed by atoms with E-state index in [1.165, 1.54) is 7.11 Å². The molecule has 28 heavy (non-hydrogen) atoms. The molecule has 0 aliphatic heterocycles. The lowest BCUT2D eigenvalue weighted by atomic mass is 10.0. The average Bonchev–Trinajstić information content (AvgIpc) is 3.12. The standard InChI is InChI=1S/C21H21ClN4O2/c1-15(17-9-6-7-11-19(17)22)28-24-14-16-8-4-5-10-18(16)20(25-27-3)21-23-12-13-26(21)2/h4-15H,1-3H3/b24-14+,25-20+. The van der Waals surface area contributed by atoms with Crippen LogP contribution in [0.4, 0.5) is 0 Å². The molecule has 144 valence electrons. The zero-order valence-electron chi connectivity index (χ0n) is 15.9. The van der Waals surface area contributed by atoms with Crippen LogP contribution in [0.3, 0.4) is 0 Å². The van der Waals surface area contributed by atoms with Gasteiger partial charge in [-0.05, 0) is 13.0 Å². The van der Waals surface area contributed by atoms with E-state index in [4.69, 9.17) is 21.3 Å². The summed E-state index contributed by atoms with van der Waals surface area (Å²) in [6, 6.07) is 15.3. The molecule has 0 fully saturated rings. The summed E-state index contributed by atoms with van der Waals surface area (Å²) in [7, 11) is 3.41. The molecule has 1 heterocycles. The highest BCUT2D eigenvalue weighted by Crippen LogP contribution is 2.25. The molecule has 7 heteroatoms. The molecule has 0 bridgehead atoms. The van der Waals surface area contributed by atoms with E-state index in [2.05, 4.69) is 15.3 Å². The summed E-state index contributed by atoms with van der Waals surface area (Å²) < 4.78 is 1.88. The zero-order valence-corrected chi connectivity index (χ0v) is 16.7. The molecule has 0 radical (unpaired) electrons. The number of aryl methyl sites for hydroxylation is 1. The lowest BCUT2D eigenvalue weighted by molar-refractivity contribution is 0.0737. The van der Waals surface area contributed by atoms with Crippen LogP contribution in [0.15, 0.2) is 71.2 Å². The molecule has 6 nitrogen and oxygen atoms in total. The van der Waals surface area contributed by atoms with Gasteiger partial charge in [-0.25, -0.2) is 4.98 Å². The second kappa shape index (κ2) is 9.19. The Morgan fingerprint density at radius 1 is 1.18 bits per heavy atom. The molecule has 0 spiro atoms. The first-order valence-corrected chi connectivity index (χ1v) is 9.11. The number of benzene rings is 2. The van der Waals surface area contributed by atoms with E-state index >= 15 is 0 Å². The van der Waals surface area contributed by atoms with Crippen LogP contribution in [-0.4, -0.2) is 28.6 Å². The molecule has 0 saturated heterocycles. The highest BCUT2D eigenvalue weighted by atomic mass is 35.5. The Bertz CT molecular complexity index is 997. The van der Waals surface area contributed by atoms with Crippen LogP contribution in [0.25, 0.3) is 0 Å².